The third-order valence-corrected chi connectivity index (χ3v) is 4.17. The lowest BCUT2D eigenvalue weighted by molar-refractivity contribution is -0.363. The summed E-state index contributed by atoms with van der Waals surface area (Å²) in [6.07, 6.45) is -0.656. The maximum atomic E-state index is 10.8. The molecule has 3 rings (SSSR count). The molecular weight excluding hydrogens is 324 g/mol. The van der Waals surface area contributed by atoms with Crippen LogP contribution in [0.15, 0.2) is 55.6 Å². The fourth-order valence-corrected chi connectivity index (χ4v) is 3.00. The van der Waals surface area contributed by atoms with E-state index in [1.165, 1.54) is 0 Å². The van der Waals surface area contributed by atoms with Crippen molar-refractivity contribution in [1.82, 2.24) is 0 Å². The van der Waals surface area contributed by atoms with Crippen LogP contribution in [-0.2, 0) is 23.7 Å². The van der Waals surface area contributed by atoms with E-state index < -0.39 is 37.0 Å². The van der Waals surface area contributed by atoms with E-state index in [9.17, 15) is 5.11 Å². The second-order valence-electron chi connectivity index (χ2n) is 5.92. The Morgan fingerprint density at radius 1 is 1.08 bits per heavy atom. The molecule has 1 aromatic carbocycles. The molecule has 0 aromatic heterocycles. The Bertz CT molecular complexity index is 562. The molecule has 1 aromatic rings. The van der Waals surface area contributed by atoms with Crippen molar-refractivity contribution in [3.8, 4) is 0 Å². The Kier molecular flexibility index (Phi) is 6.36. The van der Waals surface area contributed by atoms with Gasteiger partial charge in [-0.2, -0.15) is 0 Å². The summed E-state index contributed by atoms with van der Waals surface area (Å²) in [5.41, 5.74) is 0.891. The van der Waals surface area contributed by atoms with Crippen LogP contribution in [0.3, 0.4) is 0 Å². The van der Waals surface area contributed by atoms with E-state index in [1.54, 1.807) is 12.2 Å². The van der Waals surface area contributed by atoms with Crippen LogP contribution in [-0.4, -0.2) is 55.6 Å². The average molecular weight is 348 g/mol. The summed E-state index contributed by atoms with van der Waals surface area (Å²) in [7, 11) is 0. The zero-order valence-corrected chi connectivity index (χ0v) is 14.0. The molecule has 0 saturated carbocycles. The lowest BCUT2D eigenvalue weighted by Crippen LogP contribution is -2.62. The molecule has 6 nitrogen and oxygen atoms in total. The van der Waals surface area contributed by atoms with Gasteiger partial charge in [-0.15, -0.1) is 13.2 Å². The van der Waals surface area contributed by atoms with Crippen LogP contribution >= 0.6 is 0 Å². The highest BCUT2D eigenvalue weighted by Crippen LogP contribution is 2.35. The van der Waals surface area contributed by atoms with E-state index in [0.29, 0.717) is 6.61 Å². The molecule has 136 valence electrons. The topological polar surface area (TPSA) is 66.4 Å². The quantitative estimate of drug-likeness (QED) is 0.760. The highest BCUT2D eigenvalue weighted by molar-refractivity contribution is 5.16. The van der Waals surface area contributed by atoms with Gasteiger partial charge in [-0.3, -0.25) is 0 Å². The van der Waals surface area contributed by atoms with Crippen molar-refractivity contribution in [2.75, 3.05) is 19.8 Å². The van der Waals surface area contributed by atoms with Gasteiger partial charge in [0.2, 0.25) is 0 Å². The van der Waals surface area contributed by atoms with Crippen molar-refractivity contribution in [1.29, 1.82) is 0 Å². The van der Waals surface area contributed by atoms with Gasteiger partial charge in [-0.25, -0.2) is 0 Å². The van der Waals surface area contributed by atoms with E-state index in [1.807, 2.05) is 30.3 Å². The van der Waals surface area contributed by atoms with E-state index in [-0.39, 0.29) is 13.2 Å². The number of ether oxygens (including phenoxy) is 5. The molecular formula is C19H24O6. The minimum Gasteiger partial charge on any atom is -0.387 e. The van der Waals surface area contributed by atoms with Crippen molar-refractivity contribution >= 4 is 0 Å². The van der Waals surface area contributed by atoms with Crippen molar-refractivity contribution in [2.45, 2.75) is 37.0 Å². The fourth-order valence-electron chi connectivity index (χ4n) is 3.00. The van der Waals surface area contributed by atoms with Crippen LogP contribution in [0.1, 0.15) is 11.9 Å². The van der Waals surface area contributed by atoms with E-state index in [2.05, 4.69) is 13.2 Å². The third-order valence-electron chi connectivity index (χ3n) is 4.17. The number of rotatable bonds is 7. The normalized spacial score (nSPS) is 34.9. The molecule has 2 saturated heterocycles. The molecule has 2 heterocycles. The zero-order valence-electron chi connectivity index (χ0n) is 14.0. The average Bonchev–Trinajstić information content (AvgIpc) is 2.66. The summed E-state index contributed by atoms with van der Waals surface area (Å²) in [4.78, 5) is 0. The molecule has 1 N–H and O–H groups in total. The van der Waals surface area contributed by atoms with Crippen LogP contribution < -0.4 is 0 Å². The van der Waals surface area contributed by atoms with E-state index >= 15 is 0 Å². The van der Waals surface area contributed by atoms with Crippen LogP contribution in [0, 0.1) is 0 Å². The number of aliphatic hydroxyl groups excluding tert-OH is 1. The second-order valence-corrected chi connectivity index (χ2v) is 5.92. The first-order chi connectivity index (χ1) is 12.2. The van der Waals surface area contributed by atoms with Gasteiger partial charge in [0, 0.05) is 5.56 Å². The van der Waals surface area contributed by atoms with Crippen LogP contribution in [0.2, 0.25) is 0 Å². The number of fused-ring (bicyclic) bond motifs is 1. The number of aliphatic hydroxyl groups is 1. The Balaban J connectivity index is 1.73. The SMILES string of the molecule is C=CCO[C@H]1O[C@@H]2CO[C@@H](c3ccccc3)O[C@H]2[C@H](O)[C@@H]1OCC=C. The predicted octanol–water partition coefficient (Wildman–Crippen LogP) is 1.96. The molecule has 2 aliphatic heterocycles. The molecule has 25 heavy (non-hydrogen) atoms. The highest BCUT2D eigenvalue weighted by atomic mass is 16.8. The summed E-state index contributed by atoms with van der Waals surface area (Å²) in [5, 5.41) is 10.8. The lowest BCUT2D eigenvalue weighted by atomic mass is 9.97. The van der Waals surface area contributed by atoms with Crippen molar-refractivity contribution in [3.05, 3.63) is 61.2 Å². The standard InChI is InChI=1S/C19H24O6/c1-3-10-21-17-15(20)16-14(24-19(17)22-11-4-2)12-23-18(25-16)13-8-6-5-7-9-13/h3-9,14-20H,1-2,10-12H2/t14-,15+,16-,17+,18-,19+/m1/s1. The van der Waals surface area contributed by atoms with Gasteiger partial charge in [-0.05, 0) is 0 Å². The fraction of sp³-hybridized carbons (Fsp3) is 0.474. The minimum absolute atomic E-state index is 0.273. The van der Waals surface area contributed by atoms with Gasteiger partial charge < -0.3 is 28.8 Å². The molecule has 2 fully saturated rings. The van der Waals surface area contributed by atoms with Gasteiger partial charge in [0.15, 0.2) is 12.6 Å². The molecule has 0 bridgehead atoms. The first-order valence-corrected chi connectivity index (χ1v) is 8.35. The number of hydrogen-bond acceptors (Lipinski definition) is 6. The summed E-state index contributed by atoms with van der Waals surface area (Å²) in [6.45, 7) is 8.12. The Morgan fingerprint density at radius 3 is 2.52 bits per heavy atom. The molecule has 0 radical (unpaired) electrons. The minimum atomic E-state index is -0.913. The highest BCUT2D eigenvalue weighted by Gasteiger charge is 2.50. The van der Waals surface area contributed by atoms with Crippen LogP contribution in [0.25, 0.3) is 0 Å². The van der Waals surface area contributed by atoms with Gasteiger partial charge in [0.05, 0.1) is 19.8 Å². The Hall–Kier alpha value is -1.54. The van der Waals surface area contributed by atoms with Gasteiger partial charge in [0.25, 0.3) is 0 Å². The second kappa shape index (κ2) is 8.71. The Labute approximate surface area is 147 Å². The molecule has 0 amide bonds. The van der Waals surface area contributed by atoms with Crippen LogP contribution in [0.5, 0.6) is 0 Å². The molecule has 6 atom stereocenters. The van der Waals surface area contributed by atoms with E-state index in [0.717, 1.165) is 5.56 Å². The predicted molar refractivity (Wildman–Crippen MR) is 90.8 cm³/mol. The summed E-state index contributed by atoms with van der Waals surface area (Å²) in [5.74, 6) is 0. The summed E-state index contributed by atoms with van der Waals surface area (Å²) >= 11 is 0. The zero-order chi connectivity index (χ0) is 17.6. The maximum Gasteiger partial charge on any atom is 0.187 e. The van der Waals surface area contributed by atoms with E-state index in [4.69, 9.17) is 23.7 Å². The van der Waals surface area contributed by atoms with Gasteiger partial charge >= 0.3 is 0 Å². The van der Waals surface area contributed by atoms with Crippen LogP contribution in [0.4, 0.5) is 0 Å². The third kappa shape index (κ3) is 4.17. The van der Waals surface area contributed by atoms with Gasteiger partial charge in [-0.1, -0.05) is 42.5 Å². The molecule has 2 aliphatic rings. The van der Waals surface area contributed by atoms with Crippen molar-refractivity contribution in [3.63, 3.8) is 0 Å². The Morgan fingerprint density at radius 2 is 1.80 bits per heavy atom. The smallest absolute Gasteiger partial charge is 0.187 e. The van der Waals surface area contributed by atoms with Gasteiger partial charge in [0.1, 0.15) is 24.4 Å². The maximum absolute atomic E-state index is 10.8. The summed E-state index contributed by atoms with van der Waals surface area (Å²) in [6, 6.07) is 9.59. The largest absolute Gasteiger partial charge is 0.387 e. The molecule has 0 unspecified atom stereocenters. The molecule has 6 heteroatoms. The number of hydrogen-bond donors (Lipinski definition) is 1. The first-order valence-electron chi connectivity index (χ1n) is 8.35. The molecule has 0 spiro atoms. The lowest BCUT2D eigenvalue weighted by Gasteiger charge is -2.47. The molecule has 0 aliphatic carbocycles. The monoisotopic (exact) mass is 348 g/mol. The van der Waals surface area contributed by atoms with Crippen molar-refractivity contribution < 1.29 is 28.8 Å². The first kappa shape index (κ1) is 18.3. The summed E-state index contributed by atoms with van der Waals surface area (Å²) < 4.78 is 28.9. The number of benzene rings is 1. The van der Waals surface area contributed by atoms with Crippen molar-refractivity contribution in [2.24, 2.45) is 0 Å².